The Hall–Kier alpha value is -1.81. The highest BCUT2D eigenvalue weighted by Gasteiger charge is 2.27. The zero-order valence-corrected chi connectivity index (χ0v) is 12.1. The topological polar surface area (TPSA) is 49.8 Å². The zero-order valence-electron chi connectivity index (χ0n) is 11.4. The average Bonchev–Trinajstić information content (AvgIpc) is 3.31. The molecule has 2 N–H and O–H groups in total. The highest BCUT2D eigenvalue weighted by Crippen LogP contribution is 2.38. The average molecular weight is 289 g/mol. The van der Waals surface area contributed by atoms with Crippen molar-refractivity contribution in [3.05, 3.63) is 46.7 Å². The Morgan fingerprint density at radius 1 is 1.20 bits per heavy atom. The van der Waals surface area contributed by atoms with Gasteiger partial charge in [-0.25, -0.2) is 9.97 Å². The van der Waals surface area contributed by atoms with E-state index >= 15 is 0 Å². The van der Waals surface area contributed by atoms with Crippen molar-refractivity contribution in [2.75, 3.05) is 17.7 Å². The summed E-state index contributed by atoms with van der Waals surface area (Å²) in [5.74, 6) is 3.15. The summed E-state index contributed by atoms with van der Waals surface area (Å²) < 4.78 is 0. The van der Waals surface area contributed by atoms with Gasteiger partial charge in [0, 0.05) is 30.6 Å². The molecule has 0 radical (unpaired) electrons. The molecule has 1 saturated carbocycles. The molecule has 20 heavy (non-hydrogen) atoms. The molecule has 1 fully saturated rings. The molecule has 1 heterocycles. The van der Waals surface area contributed by atoms with E-state index in [0.29, 0.717) is 12.5 Å². The Bertz CT molecular complexity index is 611. The number of halogens is 1. The van der Waals surface area contributed by atoms with Crippen molar-refractivity contribution in [3.63, 3.8) is 0 Å². The van der Waals surface area contributed by atoms with Gasteiger partial charge in [0.2, 0.25) is 0 Å². The molecule has 2 aromatic rings. The van der Waals surface area contributed by atoms with Crippen molar-refractivity contribution in [3.8, 4) is 0 Å². The Morgan fingerprint density at radius 2 is 1.95 bits per heavy atom. The molecular formula is C15H17ClN4. The van der Waals surface area contributed by atoms with E-state index in [-0.39, 0.29) is 0 Å². The molecule has 3 rings (SSSR count). The summed E-state index contributed by atoms with van der Waals surface area (Å²) >= 11 is 6.16. The molecule has 5 heteroatoms. The number of hydrogen-bond donors (Lipinski definition) is 2. The van der Waals surface area contributed by atoms with Crippen molar-refractivity contribution in [2.24, 2.45) is 0 Å². The predicted octanol–water partition coefficient (Wildman–Crippen LogP) is 3.66. The van der Waals surface area contributed by atoms with E-state index in [4.69, 9.17) is 11.6 Å². The Morgan fingerprint density at radius 3 is 2.65 bits per heavy atom. The lowest BCUT2D eigenvalue weighted by atomic mass is 10.2. The first-order valence-corrected chi connectivity index (χ1v) is 7.18. The van der Waals surface area contributed by atoms with Gasteiger partial charge in [0.1, 0.15) is 17.5 Å². The largest absolute Gasteiger partial charge is 0.373 e. The third kappa shape index (κ3) is 3.02. The van der Waals surface area contributed by atoms with Gasteiger partial charge in [0.15, 0.2) is 0 Å². The van der Waals surface area contributed by atoms with Crippen LogP contribution < -0.4 is 10.6 Å². The van der Waals surface area contributed by atoms with Crippen LogP contribution in [0, 0.1) is 0 Å². The summed E-state index contributed by atoms with van der Waals surface area (Å²) in [7, 11) is 1.87. The van der Waals surface area contributed by atoms with E-state index in [2.05, 4.69) is 20.6 Å². The molecule has 4 nitrogen and oxygen atoms in total. The maximum atomic E-state index is 6.16. The monoisotopic (exact) mass is 288 g/mol. The third-order valence-electron chi connectivity index (χ3n) is 3.36. The van der Waals surface area contributed by atoms with Crippen molar-refractivity contribution in [1.29, 1.82) is 0 Å². The Kier molecular flexibility index (Phi) is 3.74. The molecular weight excluding hydrogens is 272 g/mol. The van der Waals surface area contributed by atoms with Gasteiger partial charge >= 0.3 is 0 Å². The van der Waals surface area contributed by atoms with Crippen LogP contribution in [0.3, 0.4) is 0 Å². The second-order valence-electron chi connectivity index (χ2n) is 4.97. The fourth-order valence-corrected chi connectivity index (χ4v) is 2.24. The van der Waals surface area contributed by atoms with Crippen LogP contribution in [0.1, 0.15) is 30.1 Å². The number of benzene rings is 1. The third-order valence-corrected chi connectivity index (χ3v) is 3.73. The lowest BCUT2D eigenvalue weighted by molar-refractivity contribution is 0.923. The summed E-state index contributed by atoms with van der Waals surface area (Å²) in [5.41, 5.74) is 1.06. The molecule has 0 bridgehead atoms. The Balaban J connectivity index is 1.76. The van der Waals surface area contributed by atoms with Crippen LogP contribution in [0.2, 0.25) is 5.02 Å². The number of nitrogens with zero attached hydrogens (tertiary/aromatic N) is 2. The fraction of sp³-hybridized carbons (Fsp3) is 0.333. The van der Waals surface area contributed by atoms with Crippen molar-refractivity contribution < 1.29 is 0 Å². The molecule has 0 spiro atoms. The zero-order chi connectivity index (χ0) is 13.9. The van der Waals surface area contributed by atoms with E-state index in [1.54, 1.807) is 0 Å². The van der Waals surface area contributed by atoms with Gasteiger partial charge in [0.05, 0.1) is 0 Å². The first-order chi connectivity index (χ1) is 9.76. The molecule has 1 aromatic carbocycles. The summed E-state index contributed by atoms with van der Waals surface area (Å²) in [6.07, 6.45) is 2.38. The van der Waals surface area contributed by atoms with Gasteiger partial charge < -0.3 is 10.6 Å². The molecule has 1 aromatic heterocycles. The molecule has 104 valence electrons. The Labute approximate surface area is 123 Å². The maximum Gasteiger partial charge on any atom is 0.136 e. The molecule has 0 aliphatic heterocycles. The van der Waals surface area contributed by atoms with Gasteiger partial charge in [-0.3, -0.25) is 0 Å². The van der Waals surface area contributed by atoms with Gasteiger partial charge in [0.25, 0.3) is 0 Å². The summed E-state index contributed by atoms with van der Waals surface area (Å²) in [5, 5.41) is 7.18. The van der Waals surface area contributed by atoms with Crippen molar-refractivity contribution in [1.82, 2.24) is 9.97 Å². The second-order valence-corrected chi connectivity index (χ2v) is 5.37. The first kappa shape index (κ1) is 13.2. The van der Waals surface area contributed by atoms with E-state index in [1.165, 1.54) is 12.8 Å². The minimum atomic E-state index is 0.532. The van der Waals surface area contributed by atoms with Crippen LogP contribution in [-0.4, -0.2) is 17.0 Å². The van der Waals surface area contributed by atoms with E-state index in [9.17, 15) is 0 Å². The number of aromatic nitrogens is 2. The molecule has 0 saturated heterocycles. The van der Waals surface area contributed by atoms with Gasteiger partial charge in [-0.2, -0.15) is 0 Å². The van der Waals surface area contributed by atoms with Crippen LogP contribution in [0.25, 0.3) is 0 Å². The first-order valence-electron chi connectivity index (χ1n) is 6.80. The summed E-state index contributed by atoms with van der Waals surface area (Å²) in [6.45, 7) is 0.657. The van der Waals surface area contributed by atoms with Gasteiger partial charge in [-0.05, 0) is 24.5 Å². The van der Waals surface area contributed by atoms with Crippen LogP contribution in [0.5, 0.6) is 0 Å². The highest BCUT2D eigenvalue weighted by molar-refractivity contribution is 6.31. The summed E-state index contributed by atoms with van der Waals surface area (Å²) in [6, 6.07) is 9.74. The SMILES string of the molecule is CNc1cc(NCc2ccccc2Cl)nc(C2CC2)n1. The standard InChI is InChI=1S/C15H17ClN4/c1-17-13-8-14(20-15(19-13)10-6-7-10)18-9-11-4-2-3-5-12(11)16/h2-5,8,10H,6-7,9H2,1H3,(H2,17,18,19,20). The minimum absolute atomic E-state index is 0.532. The number of rotatable bonds is 5. The van der Waals surface area contributed by atoms with Crippen LogP contribution in [-0.2, 0) is 6.54 Å². The lowest BCUT2D eigenvalue weighted by Gasteiger charge is -2.10. The fourth-order valence-electron chi connectivity index (χ4n) is 2.04. The molecule has 0 atom stereocenters. The number of hydrogen-bond acceptors (Lipinski definition) is 4. The van der Waals surface area contributed by atoms with Crippen LogP contribution in [0.15, 0.2) is 30.3 Å². The highest BCUT2D eigenvalue weighted by atomic mass is 35.5. The minimum Gasteiger partial charge on any atom is -0.373 e. The van der Waals surface area contributed by atoms with E-state index in [0.717, 1.165) is 28.0 Å². The molecule has 1 aliphatic rings. The molecule has 0 unspecified atom stereocenters. The van der Waals surface area contributed by atoms with Gasteiger partial charge in [-0.1, -0.05) is 29.8 Å². The normalized spacial score (nSPS) is 14.1. The van der Waals surface area contributed by atoms with Crippen LogP contribution >= 0.6 is 11.6 Å². The van der Waals surface area contributed by atoms with E-state index in [1.807, 2.05) is 37.4 Å². The molecule has 0 amide bonds. The molecule has 1 aliphatic carbocycles. The van der Waals surface area contributed by atoms with Crippen molar-refractivity contribution >= 4 is 23.2 Å². The summed E-state index contributed by atoms with van der Waals surface area (Å²) in [4.78, 5) is 9.08. The number of nitrogens with one attached hydrogen (secondary N) is 2. The quantitative estimate of drug-likeness (QED) is 0.881. The maximum absolute atomic E-state index is 6.16. The van der Waals surface area contributed by atoms with E-state index < -0.39 is 0 Å². The van der Waals surface area contributed by atoms with Gasteiger partial charge in [-0.15, -0.1) is 0 Å². The second kappa shape index (κ2) is 5.67. The lowest BCUT2D eigenvalue weighted by Crippen LogP contribution is -2.06. The van der Waals surface area contributed by atoms with Crippen molar-refractivity contribution in [2.45, 2.75) is 25.3 Å². The van der Waals surface area contributed by atoms with Crippen LogP contribution in [0.4, 0.5) is 11.6 Å². The smallest absolute Gasteiger partial charge is 0.136 e. The predicted molar refractivity (Wildman–Crippen MR) is 82.3 cm³/mol. The number of anilines is 2.